The molecule has 3 nitrogen and oxygen atoms in total. The van der Waals surface area contributed by atoms with Crippen LogP contribution in [0.5, 0.6) is 0 Å². The Labute approximate surface area is 110 Å². The summed E-state index contributed by atoms with van der Waals surface area (Å²) in [7, 11) is 0. The molecular formula is C13H15BrN2O. The van der Waals surface area contributed by atoms with Crippen molar-refractivity contribution in [2.45, 2.75) is 37.8 Å². The molecule has 1 fully saturated rings. The van der Waals surface area contributed by atoms with Crippen molar-refractivity contribution in [1.82, 2.24) is 0 Å². The topological polar surface area (TPSA) is 56.0 Å². The van der Waals surface area contributed by atoms with E-state index in [9.17, 15) is 5.11 Å². The number of nitriles is 1. The molecule has 0 spiro atoms. The molecule has 1 aromatic carbocycles. The summed E-state index contributed by atoms with van der Waals surface area (Å²) < 4.78 is 0.935. The molecule has 0 aliphatic heterocycles. The highest BCUT2D eigenvalue weighted by molar-refractivity contribution is 9.10. The summed E-state index contributed by atoms with van der Waals surface area (Å²) in [5.74, 6) is 0. The van der Waals surface area contributed by atoms with Crippen LogP contribution in [0.15, 0.2) is 22.7 Å². The molecule has 2 N–H and O–H groups in total. The van der Waals surface area contributed by atoms with Crippen LogP contribution in [0.4, 0.5) is 5.69 Å². The fraction of sp³-hybridized carbons (Fsp3) is 0.462. The molecule has 0 amide bonds. The Bertz CT molecular complexity index is 442. The van der Waals surface area contributed by atoms with Crippen LogP contribution in [0.25, 0.3) is 0 Å². The smallest absolute Gasteiger partial charge is 0.101 e. The first-order chi connectivity index (χ1) is 8.20. The van der Waals surface area contributed by atoms with E-state index in [4.69, 9.17) is 5.26 Å². The Balaban J connectivity index is 2.17. The maximum absolute atomic E-state index is 9.91. The van der Waals surface area contributed by atoms with Gasteiger partial charge in [0.2, 0.25) is 0 Å². The molecule has 90 valence electrons. The fourth-order valence-electron chi connectivity index (χ4n) is 2.21. The number of rotatable bonds is 2. The van der Waals surface area contributed by atoms with Crippen molar-refractivity contribution < 1.29 is 5.11 Å². The van der Waals surface area contributed by atoms with Gasteiger partial charge in [-0.15, -0.1) is 0 Å². The Morgan fingerprint density at radius 1 is 1.35 bits per heavy atom. The summed E-state index contributed by atoms with van der Waals surface area (Å²) in [5, 5.41) is 22.2. The molecular weight excluding hydrogens is 280 g/mol. The number of aliphatic hydroxyl groups excluding tert-OH is 1. The monoisotopic (exact) mass is 294 g/mol. The van der Waals surface area contributed by atoms with Crippen LogP contribution >= 0.6 is 15.9 Å². The molecule has 2 atom stereocenters. The zero-order chi connectivity index (χ0) is 12.3. The fourth-order valence-corrected chi connectivity index (χ4v) is 2.57. The van der Waals surface area contributed by atoms with Crippen LogP contribution in [0, 0.1) is 11.3 Å². The van der Waals surface area contributed by atoms with Gasteiger partial charge in [0.15, 0.2) is 0 Å². The second-order valence-corrected chi connectivity index (χ2v) is 5.32. The molecule has 17 heavy (non-hydrogen) atoms. The first-order valence-corrected chi connectivity index (χ1v) is 6.64. The molecule has 2 unspecified atom stereocenters. The van der Waals surface area contributed by atoms with Gasteiger partial charge in [0.05, 0.1) is 23.4 Å². The van der Waals surface area contributed by atoms with Crippen LogP contribution in [0.2, 0.25) is 0 Å². The van der Waals surface area contributed by atoms with Crippen molar-refractivity contribution in [1.29, 1.82) is 5.26 Å². The zero-order valence-electron chi connectivity index (χ0n) is 9.49. The highest BCUT2D eigenvalue weighted by Crippen LogP contribution is 2.26. The van der Waals surface area contributed by atoms with E-state index in [0.717, 1.165) is 35.8 Å². The van der Waals surface area contributed by atoms with E-state index in [0.29, 0.717) is 5.56 Å². The Morgan fingerprint density at radius 3 is 2.82 bits per heavy atom. The summed E-state index contributed by atoms with van der Waals surface area (Å²) in [6, 6.07) is 7.74. The molecule has 1 aliphatic carbocycles. The van der Waals surface area contributed by atoms with Crippen LogP contribution in [0.3, 0.4) is 0 Å². The third-order valence-corrected chi connectivity index (χ3v) is 3.67. The quantitative estimate of drug-likeness (QED) is 0.881. The molecule has 0 radical (unpaired) electrons. The number of nitrogens with one attached hydrogen (secondary N) is 1. The van der Waals surface area contributed by atoms with Crippen molar-refractivity contribution in [3.8, 4) is 6.07 Å². The largest absolute Gasteiger partial charge is 0.391 e. The average Bonchev–Trinajstić information content (AvgIpc) is 2.32. The molecule has 0 bridgehead atoms. The maximum Gasteiger partial charge on any atom is 0.101 e. The zero-order valence-corrected chi connectivity index (χ0v) is 11.1. The predicted molar refractivity (Wildman–Crippen MR) is 70.7 cm³/mol. The Morgan fingerprint density at radius 2 is 2.12 bits per heavy atom. The van der Waals surface area contributed by atoms with Gasteiger partial charge in [0.1, 0.15) is 6.07 Å². The standard InChI is InChI=1S/C13H15BrN2O/c14-10-6-5-9(8-15)12(7-10)16-11-3-1-2-4-13(11)17/h5-7,11,13,16-17H,1-4H2. The van der Waals surface area contributed by atoms with E-state index in [1.165, 1.54) is 0 Å². The molecule has 0 aromatic heterocycles. The number of hydrogen-bond donors (Lipinski definition) is 2. The van der Waals surface area contributed by atoms with Gasteiger partial charge < -0.3 is 10.4 Å². The van der Waals surface area contributed by atoms with E-state index in [1.807, 2.05) is 12.1 Å². The van der Waals surface area contributed by atoms with Gasteiger partial charge in [-0.1, -0.05) is 28.8 Å². The minimum Gasteiger partial charge on any atom is -0.391 e. The number of aliphatic hydroxyl groups is 1. The molecule has 0 saturated heterocycles. The minimum absolute atomic E-state index is 0.0603. The average molecular weight is 295 g/mol. The second kappa shape index (κ2) is 5.52. The molecule has 1 aliphatic rings. The van der Waals surface area contributed by atoms with Gasteiger partial charge >= 0.3 is 0 Å². The van der Waals surface area contributed by atoms with Gasteiger partial charge in [0, 0.05) is 4.47 Å². The molecule has 2 rings (SSSR count). The van der Waals surface area contributed by atoms with Crippen LogP contribution < -0.4 is 5.32 Å². The summed E-state index contributed by atoms with van der Waals surface area (Å²) in [6.07, 6.45) is 3.70. The molecule has 0 heterocycles. The lowest BCUT2D eigenvalue weighted by molar-refractivity contribution is 0.116. The lowest BCUT2D eigenvalue weighted by Gasteiger charge is -2.29. The Hall–Kier alpha value is -1.05. The highest BCUT2D eigenvalue weighted by Gasteiger charge is 2.23. The lowest BCUT2D eigenvalue weighted by Crippen LogP contribution is -2.36. The Kier molecular flexibility index (Phi) is 4.03. The third-order valence-electron chi connectivity index (χ3n) is 3.17. The van der Waals surface area contributed by atoms with Gasteiger partial charge in [-0.05, 0) is 31.0 Å². The summed E-state index contributed by atoms with van der Waals surface area (Å²) in [6.45, 7) is 0. The van der Waals surface area contributed by atoms with Crippen molar-refractivity contribution in [3.05, 3.63) is 28.2 Å². The number of anilines is 1. The van der Waals surface area contributed by atoms with Gasteiger partial charge in [-0.3, -0.25) is 0 Å². The lowest BCUT2D eigenvalue weighted by atomic mass is 9.92. The van der Waals surface area contributed by atoms with E-state index in [1.54, 1.807) is 6.07 Å². The second-order valence-electron chi connectivity index (χ2n) is 4.40. The van der Waals surface area contributed by atoms with E-state index < -0.39 is 0 Å². The number of halogens is 1. The first kappa shape index (κ1) is 12.4. The van der Waals surface area contributed by atoms with Crippen molar-refractivity contribution in [3.63, 3.8) is 0 Å². The van der Waals surface area contributed by atoms with Crippen molar-refractivity contribution in [2.24, 2.45) is 0 Å². The van der Waals surface area contributed by atoms with Gasteiger partial charge in [-0.25, -0.2) is 0 Å². The minimum atomic E-state index is -0.311. The van der Waals surface area contributed by atoms with Crippen molar-refractivity contribution >= 4 is 21.6 Å². The summed E-state index contributed by atoms with van der Waals surface area (Å²) in [5.41, 5.74) is 1.42. The summed E-state index contributed by atoms with van der Waals surface area (Å²) >= 11 is 3.39. The van der Waals surface area contributed by atoms with E-state index >= 15 is 0 Å². The molecule has 4 heteroatoms. The van der Waals surface area contributed by atoms with E-state index in [2.05, 4.69) is 27.3 Å². The number of hydrogen-bond acceptors (Lipinski definition) is 3. The predicted octanol–water partition coefficient (Wildman–Crippen LogP) is 3.04. The number of benzene rings is 1. The van der Waals surface area contributed by atoms with Crippen molar-refractivity contribution in [2.75, 3.05) is 5.32 Å². The SMILES string of the molecule is N#Cc1ccc(Br)cc1NC1CCCCC1O. The number of nitrogens with zero attached hydrogens (tertiary/aromatic N) is 1. The van der Waals surface area contributed by atoms with Crippen LogP contribution in [0.1, 0.15) is 31.2 Å². The first-order valence-electron chi connectivity index (χ1n) is 5.85. The third kappa shape index (κ3) is 2.99. The van der Waals surface area contributed by atoms with Gasteiger partial charge in [0.25, 0.3) is 0 Å². The normalized spacial score (nSPS) is 24.1. The highest BCUT2D eigenvalue weighted by atomic mass is 79.9. The molecule has 1 aromatic rings. The van der Waals surface area contributed by atoms with Gasteiger partial charge in [-0.2, -0.15) is 5.26 Å². The summed E-state index contributed by atoms with van der Waals surface area (Å²) in [4.78, 5) is 0. The van der Waals surface area contributed by atoms with E-state index in [-0.39, 0.29) is 12.1 Å². The van der Waals surface area contributed by atoms with Crippen LogP contribution in [-0.2, 0) is 0 Å². The van der Waals surface area contributed by atoms with Crippen LogP contribution in [-0.4, -0.2) is 17.3 Å². The maximum atomic E-state index is 9.91. The molecule has 1 saturated carbocycles.